The second-order valence-corrected chi connectivity index (χ2v) is 8.39. The lowest BCUT2D eigenvalue weighted by Gasteiger charge is -2.33. The summed E-state index contributed by atoms with van der Waals surface area (Å²) in [6.45, 7) is 4.56. The van der Waals surface area contributed by atoms with E-state index in [2.05, 4.69) is 10.3 Å². The minimum Gasteiger partial charge on any atom is -0.497 e. The van der Waals surface area contributed by atoms with E-state index in [-0.39, 0.29) is 11.7 Å². The second kappa shape index (κ2) is 8.52. The zero-order valence-electron chi connectivity index (χ0n) is 17.5. The Morgan fingerprint density at radius 2 is 2.07 bits per heavy atom. The molecule has 1 fully saturated rings. The highest BCUT2D eigenvalue weighted by molar-refractivity contribution is 6.12. The molecule has 28 heavy (non-hydrogen) atoms. The van der Waals surface area contributed by atoms with Gasteiger partial charge in [0, 0.05) is 24.2 Å². The Morgan fingerprint density at radius 3 is 2.71 bits per heavy atom. The summed E-state index contributed by atoms with van der Waals surface area (Å²) in [6.07, 6.45) is 5.32. The van der Waals surface area contributed by atoms with Crippen LogP contribution in [0.4, 0.5) is 0 Å². The fraction of sp³-hybridized carbons (Fsp3) is 0.636. The van der Waals surface area contributed by atoms with Crippen LogP contribution in [0.5, 0.6) is 11.5 Å². The topological polar surface area (TPSA) is 85.9 Å². The Hall–Kier alpha value is -2.08. The Morgan fingerprint density at radius 1 is 1.29 bits per heavy atom. The zero-order chi connectivity index (χ0) is 20.3. The average molecular weight is 388 g/mol. The van der Waals surface area contributed by atoms with Crippen molar-refractivity contribution in [3.8, 4) is 11.5 Å². The predicted molar refractivity (Wildman–Crippen MR) is 111 cm³/mol. The summed E-state index contributed by atoms with van der Waals surface area (Å²) in [7, 11) is 3.34. The van der Waals surface area contributed by atoms with Gasteiger partial charge in [0.05, 0.1) is 20.1 Å². The molecule has 6 heteroatoms. The Labute approximate surface area is 167 Å². The molecule has 1 aliphatic heterocycles. The molecular weight excluding hydrogens is 354 g/mol. The average Bonchev–Trinajstić information content (AvgIpc) is 2.89. The minimum atomic E-state index is -0.644. The number of ketones is 1. The molecule has 0 saturated heterocycles. The van der Waals surface area contributed by atoms with Crippen molar-refractivity contribution in [1.29, 1.82) is 0 Å². The summed E-state index contributed by atoms with van der Waals surface area (Å²) in [5.74, 6) is 2.53. The molecule has 0 amide bonds. The van der Waals surface area contributed by atoms with E-state index in [1.165, 1.54) is 6.42 Å². The molecule has 4 atom stereocenters. The number of nitrogens with two attached hydrogens (primary N) is 1. The van der Waals surface area contributed by atoms with Crippen molar-refractivity contribution < 1.29 is 14.3 Å². The summed E-state index contributed by atoms with van der Waals surface area (Å²) in [5.41, 5.74) is 6.41. The van der Waals surface area contributed by atoms with Crippen LogP contribution < -0.4 is 20.5 Å². The second-order valence-electron chi connectivity index (χ2n) is 8.39. The van der Waals surface area contributed by atoms with Crippen LogP contribution in [0.3, 0.4) is 0 Å². The summed E-state index contributed by atoms with van der Waals surface area (Å²) in [5, 5.41) is 3.68. The summed E-state index contributed by atoms with van der Waals surface area (Å²) >= 11 is 0. The van der Waals surface area contributed by atoms with Crippen molar-refractivity contribution in [1.82, 2.24) is 5.32 Å². The van der Waals surface area contributed by atoms with Crippen molar-refractivity contribution >= 4 is 11.6 Å². The van der Waals surface area contributed by atoms with Gasteiger partial charge in [-0.2, -0.15) is 0 Å². The van der Waals surface area contributed by atoms with Gasteiger partial charge in [0.25, 0.3) is 0 Å². The number of aliphatic imine (C=N–C) groups is 1. The lowest BCUT2D eigenvalue weighted by atomic mass is 9.76. The van der Waals surface area contributed by atoms with E-state index < -0.39 is 5.54 Å². The van der Waals surface area contributed by atoms with E-state index in [0.717, 1.165) is 49.3 Å². The maximum Gasteiger partial charge on any atom is 0.170 e. The molecule has 154 valence electrons. The van der Waals surface area contributed by atoms with Gasteiger partial charge in [-0.3, -0.25) is 9.79 Å². The first kappa shape index (κ1) is 20.6. The van der Waals surface area contributed by atoms with Gasteiger partial charge in [-0.15, -0.1) is 0 Å². The molecule has 0 radical (unpaired) electrons. The molecule has 1 aliphatic carbocycles. The van der Waals surface area contributed by atoms with E-state index in [4.69, 9.17) is 15.2 Å². The molecule has 1 aromatic carbocycles. The zero-order valence-corrected chi connectivity index (χ0v) is 17.5. The van der Waals surface area contributed by atoms with E-state index in [1.807, 2.05) is 32.0 Å². The van der Waals surface area contributed by atoms with Crippen LogP contribution in [0, 0.1) is 11.8 Å². The number of carbonyl (C=O) groups is 1. The van der Waals surface area contributed by atoms with Crippen LogP contribution in [0.2, 0.25) is 0 Å². The summed E-state index contributed by atoms with van der Waals surface area (Å²) in [4.78, 5) is 17.1. The number of amidine groups is 1. The van der Waals surface area contributed by atoms with Gasteiger partial charge in [0.15, 0.2) is 5.78 Å². The van der Waals surface area contributed by atoms with Gasteiger partial charge in [-0.05, 0) is 45.1 Å². The highest BCUT2D eigenvalue weighted by atomic mass is 16.5. The molecule has 1 saturated carbocycles. The Balaban J connectivity index is 1.58. The first-order valence-electron chi connectivity index (χ1n) is 10.2. The fourth-order valence-electron chi connectivity index (χ4n) is 4.66. The van der Waals surface area contributed by atoms with Crippen molar-refractivity contribution in [2.45, 2.75) is 64.1 Å². The normalized spacial score (nSPS) is 30.2. The molecule has 1 heterocycles. The first-order valence-corrected chi connectivity index (χ1v) is 10.2. The largest absolute Gasteiger partial charge is 0.497 e. The van der Waals surface area contributed by atoms with Gasteiger partial charge in [-0.25, -0.2) is 0 Å². The van der Waals surface area contributed by atoms with Crippen LogP contribution in [-0.4, -0.2) is 37.4 Å². The molecule has 0 spiro atoms. The highest BCUT2D eigenvalue weighted by Gasteiger charge is 2.44. The van der Waals surface area contributed by atoms with Crippen LogP contribution >= 0.6 is 0 Å². The van der Waals surface area contributed by atoms with Crippen LogP contribution in [0.25, 0.3) is 0 Å². The standard InChI is InChI=1S/C22H33N3O3/c1-14-20(26)22(2,25-21(14)23)12-15-6-5-7-17(10-15)24-13-16-8-9-18(27-3)11-19(16)28-4/h8-9,11,14-15,17,24H,5-7,10,12-13H2,1-4H3,(H2,23,25)/t14?,15-,17?,22-/m0/s1. The molecule has 0 aromatic heterocycles. The monoisotopic (exact) mass is 387 g/mol. The molecular formula is C22H33N3O3. The van der Waals surface area contributed by atoms with Gasteiger partial charge in [0.2, 0.25) is 0 Å². The maximum atomic E-state index is 12.6. The summed E-state index contributed by atoms with van der Waals surface area (Å²) < 4.78 is 10.8. The molecule has 3 N–H and O–H groups in total. The van der Waals surface area contributed by atoms with Crippen LogP contribution in [-0.2, 0) is 11.3 Å². The number of nitrogens with one attached hydrogen (secondary N) is 1. The van der Waals surface area contributed by atoms with Crippen molar-refractivity contribution in [3.63, 3.8) is 0 Å². The van der Waals surface area contributed by atoms with E-state index >= 15 is 0 Å². The van der Waals surface area contributed by atoms with Gasteiger partial charge in [-0.1, -0.05) is 18.9 Å². The summed E-state index contributed by atoms with van der Waals surface area (Å²) in [6, 6.07) is 6.35. The third kappa shape index (κ3) is 4.32. The van der Waals surface area contributed by atoms with Crippen molar-refractivity contribution in [2.24, 2.45) is 22.6 Å². The number of rotatable bonds is 7. The lowest BCUT2D eigenvalue weighted by Crippen LogP contribution is -2.39. The van der Waals surface area contributed by atoms with Crippen molar-refractivity contribution in [2.75, 3.05) is 14.2 Å². The molecule has 0 bridgehead atoms. The predicted octanol–water partition coefficient (Wildman–Crippen LogP) is 3.08. The number of hydrogen-bond donors (Lipinski definition) is 2. The van der Waals surface area contributed by atoms with Gasteiger partial charge in [0.1, 0.15) is 22.9 Å². The van der Waals surface area contributed by atoms with Crippen LogP contribution in [0.1, 0.15) is 51.5 Å². The molecule has 2 unspecified atom stereocenters. The number of benzene rings is 1. The minimum absolute atomic E-state index is 0.169. The number of Topliss-reactive ketones (excluding diaryl/α,β-unsaturated/α-hetero) is 1. The smallest absolute Gasteiger partial charge is 0.170 e. The maximum absolute atomic E-state index is 12.6. The SMILES string of the molecule is COc1ccc(CNC2CCC[C@H](C[C@]3(C)N=C(N)C(C)C3=O)C2)c(OC)c1. The van der Waals surface area contributed by atoms with E-state index in [1.54, 1.807) is 14.2 Å². The molecule has 2 aliphatic rings. The first-order chi connectivity index (χ1) is 13.4. The van der Waals surface area contributed by atoms with E-state index in [9.17, 15) is 4.79 Å². The number of ether oxygens (including phenoxy) is 2. The highest BCUT2D eigenvalue weighted by Crippen LogP contribution is 2.37. The van der Waals surface area contributed by atoms with E-state index in [0.29, 0.717) is 17.8 Å². The molecule has 6 nitrogen and oxygen atoms in total. The molecule has 3 rings (SSSR count). The third-order valence-electron chi connectivity index (χ3n) is 6.29. The lowest BCUT2D eigenvalue weighted by molar-refractivity contribution is -0.124. The number of nitrogens with zero attached hydrogens (tertiary/aromatic N) is 1. The van der Waals surface area contributed by atoms with Crippen molar-refractivity contribution in [3.05, 3.63) is 23.8 Å². The number of methoxy groups -OCH3 is 2. The third-order valence-corrected chi connectivity index (χ3v) is 6.29. The number of hydrogen-bond acceptors (Lipinski definition) is 6. The van der Waals surface area contributed by atoms with Gasteiger partial charge < -0.3 is 20.5 Å². The Bertz CT molecular complexity index is 749. The van der Waals surface area contributed by atoms with Gasteiger partial charge >= 0.3 is 0 Å². The quantitative estimate of drug-likeness (QED) is 0.751. The molecule has 1 aromatic rings. The fourth-order valence-corrected chi connectivity index (χ4v) is 4.66. The Kier molecular flexibility index (Phi) is 6.28. The van der Waals surface area contributed by atoms with Crippen LogP contribution in [0.15, 0.2) is 23.2 Å². The number of carbonyl (C=O) groups excluding carboxylic acids is 1.